The number of ketones is 1. The van der Waals surface area contributed by atoms with E-state index in [1.165, 1.54) is 0 Å². The van der Waals surface area contributed by atoms with Crippen LogP contribution in [-0.4, -0.2) is 59.6 Å². The topological polar surface area (TPSA) is 94.2 Å². The van der Waals surface area contributed by atoms with E-state index in [0.717, 1.165) is 25.7 Å². The number of nitrogens with zero attached hydrogens (tertiary/aromatic N) is 1. The first-order chi connectivity index (χ1) is 16.3. The highest BCUT2D eigenvalue weighted by molar-refractivity contribution is 6.01. The van der Waals surface area contributed by atoms with Crippen LogP contribution in [0.15, 0.2) is 18.2 Å². The molecule has 0 bridgehead atoms. The van der Waals surface area contributed by atoms with Gasteiger partial charge in [-0.3, -0.25) is 14.4 Å². The normalized spacial score (nSPS) is 27.0. The van der Waals surface area contributed by atoms with E-state index in [0.29, 0.717) is 42.9 Å². The summed E-state index contributed by atoms with van der Waals surface area (Å²) in [6.07, 6.45) is 5.31. The number of hydrogen-bond acceptors (Lipinski definition) is 6. The van der Waals surface area contributed by atoms with Crippen LogP contribution >= 0.6 is 0 Å². The molecule has 2 saturated heterocycles. The molecule has 8 heteroatoms. The molecule has 4 aliphatic rings. The number of carbonyl (C=O) groups is 3. The van der Waals surface area contributed by atoms with E-state index in [2.05, 4.69) is 12.2 Å². The molecule has 184 valence electrons. The van der Waals surface area contributed by atoms with Crippen molar-refractivity contribution in [1.82, 2.24) is 10.2 Å². The van der Waals surface area contributed by atoms with Crippen LogP contribution < -0.4 is 14.8 Å². The third kappa shape index (κ3) is 3.58. The van der Waals surface area contributed by atoms with Crippen LogP contribution in [0.2, 0.25) is 0 Å². The number of amides is 2. The monoisotopic (exact) mass is 470 g/mol. The minimum absolute atomic E-state index is 0.00534. The van der Waals surface area contributed by atoms with E-state index in [4.69, 9.17) is 14.2 Å². The molecule has 3 fully saturated rings. The Morgan fingerprint density at radius 1 is 1.15 bits per heavy atom. The molecule has 1 saturated carbocycles. The van der Waals surface area contributed by atoms with Gasteiger partial charge in [-0.2, -0.15) is 0 Å². The van der Waals surface area contributed by atoms with Gasteiger partial charge in [0.05, 0.1) is 6.10 Å². The zero-order valence-electron chi connectivity index (χ0n) is 20.2. The molecule has 1 aliphatic carbocycles. The Morgan fingerprint density at radius 2 is 1.85 bits per heavy atom. The van der Waals surface area contributed by atoms with Gasteiger partial charge in [0.2, 0.25) is 12.7 Å². The van der Waals surface area contributed by atoms with Crippen LogP contribution in [0.5, 0.6) is 11.5 Å². The number of Topliss-reactive ketones (excluding diaryl/α,β-unsaturated/α-hetero) is 1. The first-order valence-corrected chi connectivity index (χ1v) is 12.5. The van der Waals surface area contributed by atoms with Crippen LogP contribution in [0.3, 0.4) is 0 Å². The smallest absolute Gasteiger partial charge is 0.252 e. The van der Waals surface area contributed by atoms with Crippen LogP contribution in [0.25, 0.3) is 0 Å². The van der Waals surface area contributed by atoms with Gasteiger partial charge in [-0.05, 0) is 55.7 Å². The number of hydrogen-bond donors (Lipinski definition) is 1. The van der Waals surface area contributed by atoms with Crippen molar-refractivity contribution in [2.75, 3.05) is 13.3 Å². The lowest BCUT2D eigenvalue weighted by Gasteiger charge is -2.37. The second kappa shape index (κ2) is 8.56. The highest BCUT2D eigenvalue weighted by Crippen LogP contribution is 2.44. The number of fused-ring (bicyclic) bond motifs is 2. The number of benzene rings is 1. The summed E-state index contributed by atoms with van der Waals surface area (Å²) in [4.78, 5) is 42.4. The fraction of sp³-hybridized carbons (Fsp3) is 0.654. The van der Waals surface area contributed by atoms with E-state index >= 15 is 0 Å². The Bertz CT molecular complexity index is 997. The molecular weight excluding hydrogens is 436 g/mol. The molecule has 1 aromatic rings. The maximum absolute atomic E-state index is 14.0. The van der Waals surface area contributed by atoms with Gasteiger partial charge in [0.1, 0.15) is 17.7 Å². The highest BCUT2D eigenvalue weighted by Gasteiger charge is 2.59. The molecule has 8 nitrogen and oxygen atoms in total. The molecule has 3 aliphatic heterocycles. The summed E-state index contributed by atoms with van der Waals surface area (Å²) in [7, 11) is 0. The van der Waals surface area contributed by atoms with Gasteiger partial charge >= 0.3 is 0 Å². The van der Waals surface area contributed by atoms with Crippen LogP contribution in [0.4, 0.5) is 0 Å². The van der Waals surface area contributed by atoms with Crippen molar-refractivity contribution in [1.29, 1.82) is 0 Å². The highest BCUT2D eigenvalue weighted by atomic mass is 16.7. The van der Waals surface area contributed by atoms with Crippen molar-refractivity contribution < 1.29 is 28.6 Å². The second-order valence-electron chi connectivity index (χ2n) is 10.3. The van der Waals surface area contributed by atoms with Crippen molar-refractivity contribution in [3.05, 3.63) is 23.8 Å². The van der Waals surface area contributed by atoms with E-state index < -0.39 is 17.7 Å². The standard InChI is InChI=1S/C26H34N2O6/c1-4-26(5-2)22(29)20-18(34-26)10-13-28(20)24(31)21(25(3)11-6-7-12-25)27-23(30)16-8-9-17-19(14-16)33-15-32-17/h8-9,14,18,20-21H,4-7,10-13,15H2,1-3H3,(H,27,30)/t18-,20+,21-/m1/s1. The van der Waals surface area contributed by atoms with Crippen molar-refractivity contribution in [2.45, 2.75) is 89.5 Å². The van der Waals surface area contributed by atoms with E-state index in [1.54, 1.807) is 23.1 Å². The Balaban J connectivity index is 1.41. The first kappa shape index (κ1) is 23.1. The summed E-state index contributed by atoms with van der Waals surface area (Å²) in [5.74, 6) is 0.627. The van der Waals surface area contributed by atoms with E-state index in [9.17, 15) is 14.4 Å². The number of ether oxygens (including phenoxy) is 3. The van der Waals surface area contributed by atoms with Gasteiger partial charge in [-0.15, -0.1) is 0 Å². The molecule has 5 rings (SSSR count). The Morgan fingerprint density at radius 3 is 2.56 bits per heavy atom. The van der Waals surface area contributed by atoms with Gasteiger partial charge in [-0.1, -0.05) is 33.6 Å². The summed E-state index contributed by atoms with van der Waals surface area (Å²) < 4.78 is 17.0. The molecule has 0 spiro atoms. The van der Waals surface area contributed by atoms with Crippen molar-refractivity contribution in [2.24, 2.45) is 5.41 Å². The maximum atomic E-state index is 14.0. The Labute approximate surface area is 200 Å². The van der Waals surface area contributed by atoms with Crippen molar-refractivity contribution in [3.63, 3.8) is 0 Å². The van der Waals surface area contributed by atoms with Crippen molar-refractivity contribution in [3.8, 4) is 11.5 Å². The molecular formula is C26H34N2O6. The number of likely N-dealkylation sites (tertiary alicyclic amines) is 1. The van der Waals surface area contributed by atoms with E-state index in [-0.39, 0.29) is 35.9 Å². The summed E-state index contributed by atoms with van der Waals surface area (Å²) >= 11 is 0. The Hall–Kier alpha value is -2.61. The lowest BCUT2D eigenvalue weighted by molar-refractivity contribution is -0.143. The zero-order chi connectivity index (χ0) is 24.1. The predicted octanol–water partition coefficient (Wildman–Crippen LogP) is 3.22. The fourth-order valence-corrected chi connectivity index (χ4v) is 6.25. The van der Waals surface area contributed by atoms with Crippen LogP contribution in [0.1, 0.15) is 76.1 Å². The number of rotatable bonds is 6. The molecule has 0 unspecified atom stereocenters. The van der Waals surface area contributed by atoms with Crippen LogP contribution in [-0.2, 0) is 14.3 Å². The largest absolute Gasteiger partial charge is 0.454 e. The molecule has 34 heavy (non-hydrogen) atoms. The van der Waals surface area contributed by atoms with Gasteiger partial charge in [0.15, 0.2) is 17.3 Å². The molecule has 0 radical (unpaired) electrons. The lowest BCUT2D eigenvalue weighted by atomic mass is 9.79. The van der Waals surface area contributed by atoms with E-state index in [1.807, 2.05) is 13.8 Å². The lowest BCUT2D eigenvalue weighted by Crippen LogP contribution is -2.58. The maximum Gasteiger partial charge on any atom is 0.252 e. The summed E-state index contributed by atoms with van der Waals surface area (Å²) in [5, 5.41) is 3.05. The zero-order valence-corrected chi connectivity index (χ0v) is 20.2. The third-order valence-electron chi connectivity index (χ3n) is 8.46. The first-order valence-electron chi connectivity index (χ1n) is 12.5. The quantitative estimate of drug-likeness (QED) is 0.686. The summed E-state index contributed by atoms with van der Waals surface area (Å²) in [6, 6.07) is 3.76. The SMILES string of the molecule is CCC1(CC)O[C@@H]2CCN(C(=O)[C@@H](NC(=O)c3ccc4c(c3)OCO4)C3(C)CCCC3)[C@@H]2C1=O. The molecule has 3 atom stereocenters. The second-order valence-corrected chi connectivity index (χ2v) is 10.3. The summed E-state index contributed by atoms with van der Waals surface area (Å²) in [6.45, 7) is 6.59. The average molecular weight is 471 g/mol. The predicted molar refractivity (Wildman–Crippen MR) is 124 cm³/mol. The van der Waals surface area contributed by atoms with Crippen molar-refractivity contribution >= 4 is 17.6 Å². The molecule has 0 aromatic heterocycles. The minimum Gasteiger partial charge on any atom is -0.454 e. The number of carbonyl (C=O) groups excluding carboxylic acids is 3. The van der Waals surface area contributed by atoms with Gasteiger partial charge in [0.25, 0.3) is 5.91 Å². The average Bonchev–Trinajstić information content (AvgIpc) is 3.62. The van der Waals surface area contributed by atoms with Crippen LogP contribution in [0, 0.1) is 5.41 Å². The minimum atomic E-state index is -0.809. The third-order valence-corrected chi connectivity index (χ3v) is 8.46. The summed E-state index contributed by atoms with van der Waals surface area (Å²) in [5.41, 5.74) is -0.758. The van der Waals surface area contributed by atoms with Gasteiger partial charge in [0, 0.05) is 12.1 Å². The van der Waals surface area contributed by atoms with Gasteiger partial charge < -0.3 is 24.4 Å². The number of nitrogens with one attached hydrogen (secondary N) is 1. The molecule has 3 heterocycles. The van der Waals surface area contributed by atoms with Gasteiger partial charge in [-0.25, -0.2) is 0 Å². The molecule has 2 amide bonds. The molecule has 1 N–H and O–H groups in total. The molecule has 1 aromatic carbocycles. The fourth-order valence-electron chi connectivity index (χ4n) is 6.25. The Kier molecular flexibility index (Phi) is 5.82.